The van der Waals surface area contributed by atoms with Crippen LogP contribution in [0, 0.1) is 0 Å². The summed E-state index contributed by atoms with van der Waals surface area (Å²) in [5.74, 6) is 0. The summed E-state index contributed by atoms with van der Waals surface area (Å²) >= 11 is 0. The zero-order valence-electron chi connectivity index (χ0n) is 25.2. The number of ether oxygens (including phenoxy) is 2. The van der Waals surface area contributed by atoms with Crippen molar-refractivity contribution < 1.29 is 24.5 Å². The molecule has 10 nitrogen and oxygen atoms in total. The minimum Gasteiger partial charge on any atom is -0.387 e. The molecule has 0 radical (unpaired) electrons. The second-order valence-electron chi connectivity index (χ2n) is 12.0. The van der Waals surface area contributed by atoms with Gasteiger partial charge in [-0.2, -0.15) is 5.06 Å². The summed E-state index contributed by atoms with van der Waals surface area (Å²) in [4.78, 5) is 33.4. The molecule has 42 heavy (non-hydrogen) atoms. The van der Waals surface area contributed by atoms with Crippen LogP contribution in [0.15, 0.2) is 76.4 Å². The van der Waals surface area contributed by atoms with Gasteiger partial charge in [-0.25, -0.2) is 4.79 Å². The van der Waals surface area contributed by atoms with Crippen molar-refractivity contribution in [2.45, 2.75) is 69.4 Å². The minimum absolute atomic E-state index is 0.0427. The van der Waals surface area contributed by atoms with Crippen LogP contribution in [0.2, 0.25) is 5.04 Å². The molecule has 3 N–H and O–H groups in total. The van der Waals surface area contributed by atoms with E-state index in [9.17, 15) is 19.8 Å². The highest BCUT2D eigenvalue weighted by Crippen LogP contribution is 2.39. The first-order valence-electron chi connectivity index (χ1n) is 14.3. The van der Waals surface area contributed by atoms with E-state index < -0.39 is 43.9 Å². The molecule has 0 aliphatic carbocycles. The zero-order chi connectivity index (χ0) is 30.7. The number of hydrogen-bond acceptors (Lipinski definition) is 8. The number of benzene rings is 2. The fraction of sp³-hybridized carbons (Fsp3) is 0.484. The second-order valence-corrected chi connectivity index (χ2v) is 16.9. The molecule has 3 aromatic rings. The van der Waals surface area contributed by atoms with Crippen LogP contribution in [-0.2, 0) is 20.7 Å². The molecule has 228 valence electrons. The van der Waals surface area contributed by atoms with E-state index in [0.717, 1.165) is 4.57 Å². The van der Waals surface area contributed by atoms with Gasteiger partial charge in [-0.05, 0) is 11.5 Å². The molecule has 1 aliphatic rings. The van der Waals surface area contributed by atoms with Gasteiger partial charge < -0.3 is 19.7 Å². The van der Waals surface area contributed by atoms with Crippen molar-refractivity contribution in [1.29, 1.82) is 0 Å². The molecule has 0 amide bonds. The second kappa shape index (κ2) is 13.2. The predicted molar refractivity (Wildman–Crippen MR) is 164 cm³/mol. The number of nitrogens with zero attached hydrogens (tertiary/aromatic N) is 2. The lowest BCUT2D eigenvalue weighted by molar-refractivity contribution is -0.161. The minimum atomic E-state index is -2.76. The van der Waals surface area contributed by atoms with Gasteiger partial charge in [0.1, 0.15) is 24.0 Å². The summed E-state index contributed by atoms with van der Waals surface area (Å²) in [6.07, 6.45) is -3.02. The highest BCUT2D eigenvalue weighted by molar-refractivity contribution is 7.05. The molecule has 0 bridgehead atoms. The Labute approximate surface area is 247 Å². The number of hydroxylamine groups is 2. The van der Waals surface area contributed by atoms with E-state index in [2.05, 4.69) is 50.0 Å². The number of rotatable bonds is 11. The summed E-state index contributed by atoms with van der Waals surface area (Å²) in [6, 6.07) is 20.8. The van der Waals surface area contributed by atoms with Crippen molar-refractivity contribution in [3.63, 3.8) is 0 Å². The lowest BCUT2D eigenvalue weighted by Gasteiger charge is -2.49. The van der Waals surface area contributed by atoms with Crippen molar-refractivity contribution in [3.05, 3.63) is 93.3 Å². The predicted octanol–water partition coefficient (Wildman–Crippen LogP) is 1.20. The van der Waals surface area contributed by atoms with Crippen molar-refractivity contribution in [1.82, 2.24) is 14.6 Å². The van der Waals surface area contributed by atoms with Crippen molar-refractivity contribution in [3.8, 4) is 0 Å². The molecule has 11 heteroatoms. The number of aromatic nitrogens is 2. The monoisotopic (exact) mass is 597 g/mol. The average Bonchev–Trinajstić information content (AvgIpc) is 3.22. The van der Waals surface area contributed by atoms with Gasteiger partial charge in [-0.15, -0.1) is 0 Å². The summed E-state index contributed by atoms with van der Waals surface area (Å²) in [6.45, 7) is 8.65. The van der Waals surface area contributed by atoms with E-state index in [1.165, 1.54) is 16.6 Å². The lowest BCUT2D eigenvalue weighted by Crippen LogP contribution is -2.73. The largest absolute Gasteiger partial charge is 0.387 e. The molecule has 0 saturated carbocycles. The number of aliphatic hydroxyl groups is 2. The zero-order valence-corrected chi connectivity index (χ0v) is 26.2. The Morgan fingerprint density at radius 3 is 2.07 bits per heavy atom. The maximum absolute atomic E-state index is 12.5. The molecule has 1 aromatic heterocycles. The van der Waals surface area contributed by atoms with Gasteiger partial charge in [0, 0.05) is 25.9 Å². The maximum Gasteiger partial charge on any atom is 0.330 e. The third kappa shape index (κ3) is 6.23. The number of aliphatic hydroxyl groups excluding tert-OH is 2. The Hall–Kier alpha value is -2.90. The van der Waals surface area contributed by atoms with Gasteiger partial charge in [-0.1, -0.05) is 98.7 Å². The van der Waals surface area contributed by atoms with Gasteiger partial charge in [0.15, 0.2) is 14.3 Å². The van der Waals surface area contributed by atoms with Gasteiger partial charge in [0.25, 0.3) is 5.56 Å². The topological polar surface area (TPSA) is 126 Å². The fourth-order valence-electron chi connectivity index (χ4n) is 6.13. The Bertz CT molecular complexity index is 1380. The Kier molecular flexibility index (Phi) is 10.0. The van der Waals surface area contributed by atoms with Crippen LogP contribution >= 0.6 is 0 Å². The molecule has 1 aliphatic heterocycles. The van der Waals surface area contributed by atoms with E-state index in [0.29, 0.717) is 12.0 Å². The Morgan fingerprint density at radius 1 is 1.00 bits per heavy atom. The molecule has 5 atom stereocenters. The summed E-state index contributed by atoms with van der Waals surface area (Å²) < 4.78 is 13.3. The molecule has 3 unspecified atom stereocenters. The van der Waals surface area contributed by atoms with E-state index in [-0.39, 0.29) is 24.0 Å². The first kappa shape index (κ1) is 32.0. The lowest BCUT2D eigenvalue weighted by atomic mass is 10.1. The van der Waals surface area contributed by atoms with Gasteiger partial charge in [0.2, 0.25) is 0 Å². The quantitative estimate of drug-likeness (QED) is 0.222. The van der Waals surface area contributed by atoms with Crippen LogP contribution < -0.4 is 21.6 Å². The number of aryl methyl sites for hydroxylation is 1. The maximum atomic E-state index is 12.5. The molecular formula is C31H43N3O7Si. The van der Waals surface area contributed by atoms with Crippen LogP contribution in [-0.4, -0.2) is 84.2 Å². The average molecular weight is 598 g/mol. The van der Waals surface area contributed by atoms with E-state index in [1.54, 1.807) is 12.0 Å². The first-order valence-corrected chi connectivity index (χ1v) is 16.4. The van der Waals surface area contributed by atoms with Crippen LogP contribution in [0.4, 0.5) is 0 Å². The van der Waals surface area contributed by atoms with Crippen LogP contribution in [0.25, 0.3) is 0 Å². The van der Waals surface area contributed by atoms with Crippen molar-refractivity contribution in [2.75, 3.05) is 27.3 Å². The molecular weight excluding hydrogens is 554 g/mol. The van der Waals surface area contributed by atoms with E-state index >= 15 is 0 Å². The molecule has 2 aromatic carbocycles. The van der Waals surface area contributed by atoms with Crippen LogP contribution in [0.5, 0.6) is 0 Å². The third-order valence-electron chi connectivity index (χ3n) is 8.05. The third-order valence-corrected chi connectivity index (χ3v) is 14.1. The number of aromatic amines is 1. The standard InChI is InChI=1S/C31H43N3O7Si/c1-7-21-18-34(30(38)32-28(21)37)29-27(36)26(35)24(40-29)19-39-20-25(41-33(5)6)42(31(2,3)4,22-14-10-8-11-15-22)23-16-12-9-13-17-23/h8-18,24-27,29,35-36H,7,19-20H2,1-6H3,(H,32,37,38)/t24-,25?,26?,27?,29-/m0/s1. The highest BCUT2D eigenvalue weighted by atomic mass is 28.3. The fourth-order valence-corrected chi connectivity index (χ4v) is 12.1. The van der Waals surface area contributed by atoms with Gasteiger partial charge in [0.05, 0.1) is 13.2 Å². The van der Waals surface area contributed by atoms with Gasteiger partial charge in [-0.3, -0.25) is 19.2 Å². The Morgan fingerprint density at radius 2 is 1.57 bits per heavy atom. The van der Waals surface area contributed by atoms with Crippen molar-refractivity contribution in [2.24, 2.45) is 0 Å². The summed E-state index contributed by atoms with van der Waals surface area (Å²) in [5.41, 5.74) is -1.21. The summed E-state index contributed by atoms with van der Waals surface area (Å²) in [5, 5.41) is 25.5. The summed E-state index contributed by atoms with van der Waals surface area (Å²) in [7, 11) is 0.939. The number of nitrogens with one attached hydrogen (secondary N) is 1. The molecule has 1 fully saturated rings. The normalized spacial score (nSPS) is 22.0. The first-order chi connectivity index (χ1) is 19.9. The highest BCUT2D eigenvalue weighted by Gasteiger charge is 2.55. The number of hydrogen-bond donors (Lipinski definition) is 3. The van der Waals surface area contributed by atoms with Crippen LogP contribution in [0.1, 0.15) is 39.5 Å². The van der Waals surface area contributed by atoms with E-state index in [4.69, 9.17) is 14.3 Å². The molecule has 0 spiro atoms. The SMILES string of the molecule is CCc1cn([C@H]2O[C@@H](COCC(ON(C)C)[Si](c3ccccc3)(c3ccccc3)C(C)(C)C)C(O)C2O)c(=O)[nH]c1=O. The van der Waals surface area contributed by atoms with E-state index in [1.807, 2.05) is 50.5 Å². The van der Waals surface area contributed by atoms with Gasteiger partial charge >= 0.3 is 5.69 Å². The molecule has 1 saturated heterocycles. The smallest absolute Gasteiger partial charge is 0.330 e. The van der Waals surface area contributed by atoms with Crippen LogP contribution in [0.3, 0.4) is 0 Å². The Balaban J connectivity index is 1.63. The number of H-pyrrole nitrogens is 1. The molecule has 4 rings (SSSR count). The van der Waals surface area contributed by atoms with Crippen molar-refractivity contribution >= 4 is 18.4 Å². The molecule has 2 heterocycles.